The van der Waals surface area contributed by atoms with Crippen LogP contribution in [-0.4, -0.2) is 34.5 Å². The number of nitrogens with one attached hydrogen (secondary N) is 3. The first-order chi connectivity index (χ1) is 18.8. The predicted molar refractivity (Wildman–Crippen MR) is 139 cm³/mol. The minimum Gasteiger partial charge on any atom is -0.493 e. The minimum atomic E-state index is -1.35. The molecule has 0 saturated carbocycles. The maximum atomic E-state index is 15.1. The van der Waals surface area contributed by atoms with Crippen LogP contribution in [0.4, 0.5) is 13.2 Å². The minimum absolute atomic E-state index is 0.00897. The van der Waals surface area contributed by atoms with Crippen LogP contribution in [0.2, 0.25) is 0 Å². The molecule has 1 aliphatic rings. The Kier molecular flexibility index (Phi) is 5.82. The van der Waals surface area contributed by atoms with E-state index in [-0.39, 0.29) is 33.6 Å². The summed E-state index contributed by atoms with van der Waals surface area (Å²) in [7, 11) is 1.37. The van der Waals surface area contributed by atoms with E-state index < -0.39 is 34.5 Å². The van der Waals surface area contributed by atoms with E-state index in [1.807, 2.05) is 24.3 Å². The first-order valence-corrected chi connectivity index (χ1v) is 12.3. The van der Waals surface area contributed by atoms with Crippen LogP contribution in [0.25, 0.3) is 22.3 Å². The van der Waals surface area contributed by atoms with Crippen molar-refractivity contribution in [2.75, 3.05) is 13.7 Å². The number of H-pyrrole nitrogens is 2. The number of halogens is 3. The Morgan fingerprint density at radius 2 is 1.92 bits per heavy atom. The fourth-order valence-electron chi connectivity index (χ4n) is 5.07. The molecule has 0 saturated heterocycles. The number of para-hydroxylation sites is 1. The van der Waals surface area contributed by atoms with Crippen molar-refractivity contribution < 1.29 is 27.4 Å². The zero-order chi connectivity index (χ0) is 27.3. The summed E-state index contributed by atoms with van der Waals surface area (Å²) >= 11 is 0. The number of rotatable bonds is 5. The highest BCUT2D eigenvalue weighted by Crippen LogP contribution is 2.43. The fraction of sp³-hybridized carbons (Fsp3) is 0.172. The van der Waals surface area contributed by atoms with E-state index in [9.17, 15) is 9.18 Å². The smallest absolute Gasteiger partial charge is 0.255 e. The van der Waals surface area contributed by atoms with E-state index >= 15 is 8.78 Å². The summed E-state index contributed by atoms with van der Waals surface area (Å²) in [5, 5.41) is 2.57. The van der Waals surface area contributed by atoms with Gasteiger partial charge in [0.2, 0.25) is 5.82 Å². The number of hydrogen-bond acceptors (Lipinski definition) is 4. The number of carbonyl (C=O) groups excluding carboxylic acids is 1. The van der Waals surface area contributed by atoms with Crippen molar-refractivity contribution in [3.8, 4) is 28.6 Å². The Morgan fingerprint density at radius 1 is 1.10 bits per heavy atom. The van der Waals surface area contributed by atoms with Crippen LogP contribution in [0, 0.1) is 17.5 Å². The first-order valence-electron chi connectivity index (χ1n) is 12.3. The molecular formula is C29H23F3N4O3. The van der Waals surface area contributed by atoms with Gasteiger partial charge in [0.25, 0.3) is 5.91 Å². The summed E-state index contributed by atoms with van der Waals surface area (Å²) in [6.07, 6.45) is 3.79. The average molecular weight is 533 g/mol. The third kappa shape index (κ3) is 3.91. The molecule has 5 aromatic rings. The molecule has 1 aliphatic heterocycles. The van der Waals surface area contributed by atoms with Crippen molar-refractivity contribution in [1.29, 1.82) is 0 Å². The third-order valence-electron chi connectivity index (χ3n) is 7.21. The molecule has 198 valence electrons. The summed E-state index contributed by atoms with van der Waals surface area (Å²) in [4.78, 5) is 23.0. The third-order valence-corrected chi connectivity index (χ3v) is 7.21. The van der Waals surface area contributed by atoms with E-state index in [2.05, 4.69) is 22.2 Å². The molecule has 3 aromatic carbocycles. The van der Waals surface area contributed by atoms with Crippen molar-refractivity contribution in [2.24, 2.45) is 0 Å². The van der Waals surface area contributed by atoms with E-state index in [1.54, 1.807) is 6.20 Å². The van der Waals surface area contributed by atoms with E-state index in [0.717, 1.165) is 17.4 Å². The number of amides is 1. The number of imidazole rings is 1. The predicted octanol–water partition coefficient (Wildman–Crippen LogP) is 6.22. The normalized spacial score (nSPS) is 16.5. The number of aromatic nitrogens is 3. The summed E-state index contributed by atoms with van der Waals surface area (Å²) in [5.41, 5.74) is 0.920. The van der Waals surface area contributed by atoms with Gasteiger partial charge in [0.1, 0.15) is 23.1 Å². The number of benzene rings is 3. The Labute approximate surface area is 221 Å². The lowest BCUT2D eigenvalue weighted by Gasteiger charge is -2.34. The van der Waals surface area contributed by atoms with Gasteiger partial charge >= 0.3 is 0 Å². The van der Waals surface area contributed by atoms with Crippen LogP contribution in [0.1, 0.15) is 35.0 Å². The topological polar surface area (TPSA) is 92.0 Å². The van der Waals surface area contributed by atoms with Crippen molar-refractivity contribution in [3.63, 3.8) is 0 Å². The molecule has 39 heavy (non-hydrogen) atoms. The van der Waals surface area contributed by atoms with Gasteiger partial charge in [-0.15, -0.1) is 0 Å². The quantitative estimate of drug-likeness (QED) is 0.251. The summed E-state index contributed by atoms with van der Waals surface area (Å²) < 4.78 is 56.4. The molecule has 0 unspecified atom stereocenters. The van der Waals surface area contributed by atoms with Crippen LogP contribution in [-0.2, 0) is 5.41 Å². The van der Waals surface area contributed by atoms with Crippen LogP contribution >= 0.6 is 0 Å². The van der Waals surface area contributed by atoms with Crippen LogP contribution in [0.15, 0.2) is 60.9 Å². The molecule has 0 spiro atoms. The molecular weight excluding hydrogens is 509 g/mol. The molecule has 10 heteroatoms. The van der Waals surface area contributed by atoms with E-state index in [0.29, 0.717) is 18.7 Å². The van der Waals surface area contributed by atoms with E-state index in [1.165, 1.54) is 31.4 Å². The Morgan fingerprint density at radius 3 is 2.74 bits per heavy atom. The lowest BCUT2D eigenvalue weighted by molar-refractivity contribution is 0.0961. The number of aromatic amines is 2. The maximum absolute atomic E-state index is 15.1. The van der Waals surface area contributed by atoms with Gasteiger partial charge in [0, 0.05) is 35.8 Å². The zero-order valence-corrected chi connectivity index (χ0v) is 21.0. The maximum Gasteiger partial charge on any atom is 0.255 e. The van der Waals surface area contributed by atoms with Crippen LogP contribution in [0.5, 0.6) is 17.2 Å². The molecule has 3 N–H and O–H groups in total. The monoisotopic (exact) mass is 532 g/mol. The highest BCUT2D eigenvalue weighted by molar-refractivity contribution is 6.09. The fourth-order valence-corrected chi connectivity index (χ4v) is 5.07. The van der Waals surface area contributed by atoms with Crippen molar-refractivity contribution in [2.45, 2.75) is 18.8 Å². The molecule has 0 fully saturated rings. The Balaban J connectivity index is 1.40. The first kappa shape index (κ1) is 24.6. The number of ether oxygens (including phenoxy) is 2. The Bertz CT molecular complexity index is 1750. The van der Waals surface area contributed by atoms with Crippen molar-refractivity contribution >= 4 is 16.8 Å². The largest absolute Gasteiger partial charge is 0.493 e. The number of fused-ring (bicyclic) bond motifs is 2. The average Bonchev–Trinajstić information content (AvgIpc) is 3.64. The zero-order valence-electron chi connectivity index (χ0n) is 21.0. The standard InChI is InChI=1S/C29H23F3N4O3/c1-29(10-12-38-20-6-4-3-5-18(20)29)21-14-35-27(36-21)17-13-15(7-8-19(17)30)39-26-22(28(37)33-2)16-9-11-34-25(16)23(31)24(26)32/h3-9,11,13-14,34H,10,12H2,1-2H3,(H,33,37)(H,35,36)/t29-/m1/s1. The SMILES string of the molecule is CNC(=O)c1c(Oc2ccc(F)c(-c3nc([C@]4(C)CCOc5ccccc54)c[nH]3)c2)c(F)c(F)c2[nH]ccc12. The molecule has 0 bridgehead atoms. The number of carbonyl (C=O) groups is 1. The second-order valence-electron chi connectivity index (χ2n) is 9.48. The lowest BCUT2D eigenvalue weighted by Crippen LogP contribution is -2.31. The van der Waals surface area contributed by atoms with E-state index in [4.69, 9.17) is 14.5 Å². The van der Waals surface area contributed by atoms with Crippen molar-refractivity contribution in [1.82, 2.24) is 20.3 Å². The highest BCUT2D eigenvalue weighted by Gasteiger charge is 2.37. The van der Waals surface area contributed by atoms with Gasteiger partial charge in [0.15, 0.2) is 11.6 Å². The second kappa shape index (κ2) is 9.23. The molecule has 0 aliphatic carbocycles. The van der Waals surface area contributed by atoms with Gasteiger partial charge < -0.3 is 24.8 Å². The lowest BCUT2D eigenvalue weighted by atomic mass is 9.75. The van der Waals surface area contributed by atoms with Crippen LogP contribution in [0.3, 0.4) is 0 Å². The van der Waals surface area contributed by atoms with Crippen LogP contribution < -0.4 is 14.8 Å². The molecule has 6 rings (SSSR count). The number of hydrogen-bond donors (Lipinski definition) is 3. The molecule has 1 amide bonds. The van der Waals surface area contributed by atoms with Gasteiger partial charge in [-0.05, 0) is 43.7 Å². The molecule has 7 nitrogen and oxygen atoms in total. The van der Waals surface area contributed by atoms with Gasteiger partial charge in [0.05, 0.1) is 28.9 Å². The highest BCUT2D eigenvalue weighted by atomic mass is 19.2. The summed E-state index contributed by atoms with van der Waals surface area (Å²) in [6, 6.07) is 12.9. The van der Waals surface area contributed by atoms with Gasteiger partial charge in [-0.1, -0.05) is 18.2 Å². The van der Waals surface area contributed by atoms with Gasteiger partial charge in [-0.25, -0.2) is 13.8 Å². The molecule has 2 aromatic heterocycles. The molecule has 3 heterocycles. The van der Waals surface area contributed by atoms with Gasteiger partial charge in [-0.2, -0.15) is 4.39 Å². The van der Waals surface area contributed by atoms with Crippen molar-refractivity contribution in [3.05, 3.63) is 95.2 Å². The second-order valence-corrected chi connectivity index (χ2v) is 9.48. The Hall–Kier alpha value is -4.73. The summed E-state index contributed by atoms with van der Waals surface area (Å²) in [5.74, 6) is -3.42. The molecule has 0 radical (unpaired) electrons. The molecule has 1 atom stereocenters. The number of nitrogens with zero attached hydrogens (tertiary/aromatic N) is 1. The van der Waals surface area contributed by atoms with Gasteiger partial charge in [-0.3, -0.25) is 4.79 Å². The summed E-state index contributed by atoms with van der Waals surface area (Å²) in [6.45, 7) is 2.56.